The van der Waals surface area contributed by atoms with E-state index < -0.39 is 15.8 Å². The summed E-state index contributed by atoms with van der Waals surface area (Å²) in [5.41, 5.74) is 1.01. The van der Waals surface area contributed by atoms with E-state index in [1.165, 1.54) is 12.1 Å². The highest BCUT2D eigenvalue weighted by molar-refractivity contribution is 7.89. The smallest absolute Gasteiger partial charge is 0.240 e. The predicted octanol–water partition coefficient (Wildman–Crippen LogP) is 2.24. The van der Waals surface area contributed by atoms with Crippen molar-refractivity contribution in [2.45, 2.75) is 18.2 Å². The Morgan fingerprint density at radius 1 is 1.07 bits per heavy atom. The summed E-state index contributed by atoms with van der Waals surface area (Å²) in [5, 5.41) is 0. The zero-order valence-electron chi connectivity index (χ0n) is 16.9. The zero-order valence-corrected chi connectivity index (χ0v) is 17.7. The maximum atomic E-state index is 13.0. The Balaban J connectivity index is 1.48. The second-order valence-electron chi connectivity index (χ2n) is 6.87. The fourth-order valence-corrected chi connectivity index (χ4v) is 4.37. The molecule has 0 radical (unpaired) electrons. The third-order valence-electron chi connectivity index (χ3n) is 4.89. The average molecular weight is 436 g/mol. The van der Waals surface area contributed by atoms with E-state index in [0.717, 1.165) is 23.6 Å². The van der Waals surface area contributed by atoms with Crippen molar-refractivity contribution in [2.24, 2.45) is 0 Å². The number of ether oxygens (including phenoxy) is 1. The molecule has 1 saturated heterocycles. The van der Waals surface area contributed by atoms with Crippen molar-refractivity contribution in [3.8, 4) is 5.75 Å². The molecule has 9 heteroatoms. The minimum atomic E-state index is -3.77. The van der Waals surface area contributed by atoms with Crippen LogP contribution in [0.5, 0.6) is 5.75 Å². The van der Waals surface area contributed by atoms with E-state index in [-0.39, 0.29) is 23.8 Å². The van der Waals surface area contributed by atoms with Crippen molar-refractivity contribution >= 4 is 21.6 Å². The number of sulfonamides is 1. The van der Waals surface area contributed by atoms with E-state index in [1.54, 1.807) is 4.90 Å². The first kappa shape index (κ1) is 22.0. The molecule has 1 heterocycles. The Bertz CT molecular complexity index is 958. The number of rotatable bonds is 8. The molecule has 0 aliphatic carbocycles. The van der Waals surface area contributed by atoms with Crippen LogP contribution in [0, 0.1) is 5.82 Å². The third-order valence-corrected chi connectivity index (χ3v) is 6.37. The van der Waals surface area contributed by atoms with Gasteiger partial charge in [-0.2, -0.15) is 0 Å². The van der Waals surface area contributed by atoms with Gasteiger partial charge in [-0.15, -0.1) is 0 Å². The van der Waals surface area contributed by atoms with Gasteiger partial charge in [-0.25, -0.2) is 17.5 Å². The first-order chi connectivity index (χ1) is 14.4. The molecule has 1 N–H and O–H groups in total. The van der Waals surface area contributed by atoms with Gasteiger partial charge < -0.3 is 14.5 Å². The summed E-state index contributed by atoms with van der Waals surface area (Å²) in [6.45, 7) is 5.00. The summed E-state index contributed by atoms with van der Waals surface area (Å²) in [4.78, 5) is 16.4. The normalized spacial score (nSPS) is 14.6. The summed E-state index contributed by atoms with van der Waals surface area (Å²) < 4.78 is 45.5. The van der Waals surface area contributed by atoms with Crippen molar-refractivity contribution in [3.63, 3.8) is 0 Å². The highest BCUT2D eigenvalue weighted by atomic mass is 32.2. The molecule has 2 aromatic carbocycles. The first-order valence-corrected chi connectivity index (χ1v) is 11.4. The average Bonchev–Trinajstić information content (AvgIpc) is 2.75. The van der Waals surface area contributed by atoms with Crippen molar-refractivity contribution in [1.82, 2.24) is 9.62 Å². The maximum Gasteiger partial charge on any atom is 0.240 e. The van der Waals surface area contributed by atoms with Crippen molar-refractivity contribution in [3.05, 3.63) is 54.3 Å². The van der Waals surface area contributed by atoms with E-state index >= 15 is 0 Å². The Labute approximate surface area is 176 Å². The molecule has 0 atom stereocenters. The lowest BCUT2D eigenvalue weighted by molar-refractivity contribution is -0.131. The van der Waals surface area contributed by atoms with E-state index in [1.807, 2.05) is 31.2 Å². The van der Waals surface area contributed by atoms with Crippen LogP contribution in [-0.2, 0) is 14.8 Å². The van der Waals surface area contributed by atoms with E-state index in [2.05, 4.69) is 9.62 Å². The monoisotopic (exact) mass is 435 g/mol. The van der Waals surface area contributed by atoms with E-state index in [0.29, 0.717) is 32.8 Å². The van der Waals surface area contributed by atoms with Crippen LogP contribution in [0.4, 0.5) is 10.1 Å². The van der Waals surface area contributed by atoms with Crippen molar-refractivity contribution < 1.29 is 22.3 Å². The molecule has 1 amide bonds. The number of benzene rings is 2. The molecule has 1 fully saturated rings. The second kappa shape index (κ2) is 9.90. The lowest BCUT2D eigenvalue weighted by Gasteiger charge is -2.36. The van der Waals surface area contributed by atoms with Gasteiger partial charge in [0, 0.05) is 39.1 Å². The van der Waals surface area contributed by atoms with Gasteiger partial charge in [0.15, 0.2) is 0 Å². The first-order valence-electron chi connectivity index (χ1n) is 9.90. The van der Waals surface area contributed by atoms with Gasteiger partial charge in [0.2, 0.25) is 15.9 Å². The third kappa shape index (κ3) is 5.48. The molecule has 30 heavy (non-hydrogen) atoms. The standard InChI is InChI=1S/C21H26FN3O4S/c1-2-29-20-6-4-3-5-19(20)24-13-15-25(16-14-24)21(26)11-12-23-30(27,28)18-9-7-17(22)8-10-18/h3-10,23H,2,11-16H2,1H3. The van der Waals surface area contributed by atoms with Gasteiger partial charge in [0.05, 0.1) is 17.2 Å². The number of nitrogens with one attached hydrogen (secondary N) is 1. The number of para-hydroxylation sites is 2. The molecular weight excluding hydrogens is 409 g/mol. The molecule has 3 rings (SSSR count). The van der Waals surface area contributed by atoms with Crippen LogP contribution in [0.2, 0.25) is 0 Å². The molecule has 0 saturated carbocycles. The molecule has 0 unspecified atom stereocenters. The van der Waals surface area contributed by atoms with E-state index in [4.69, 9.17) is 4.74 Å². The van der Waals surface area contributed by atoms with Gasteiger partial charge in [0.1, 0.15) is 11.6 Å². The lowest BCUT2D eigenvalue weighted by Crippen LogP contribution is -2.49. The van der Waals surface area contributed by atoms with Gasteiger partial charge >= 0.3 is 0 Å². The fraction of sp³-hybridized carbons (Fsp3) is 0.381. The summed E-state index contributed by atoms with van der Waals surface area (Å²) in [6.07, 6.45) is 0.0654. The summed E-state index contributed by atoms with van der Waals surface area (Å²) in [6, 6.07) is 12.4. The van der Waals surface area contributed by atoms with Crippen LogP contribution >= 0.6 is 0 Å². The Hall–Kier alpha value is -2.65. The molecule has 7 nitrogen and oxygen atoms in total. The number of hydrogen-bond acceptors (Lipinski definition) is 5. The van der Waals surface area contributed by atoms with E-state index in [9.17, 15) is 17.6 Å². The minimum Gasteiger partial charge on any atom is -0.492 e. The molecule has 1 aliphatic rings. The fourth-order valence-electron chi connectivity index (χ4n) is 3.34. The van der Waals surface area contributed by atoms with Gasteiger partial charge in [-0.3, -0.25) is 4.79 Å². The van der Waals surface area contributed by atoms with Crippen LogP contribution in [0.1, 0.15) is 13.3 Å². The van der Waals surface area contributed by atoms with Gasteiger partial charge in [-0.1, -0.05) is 12.1 Å². The van der Waals surface area contributed by atoms with Crippen LogP contribution < -0.4 is 14.4 Å². The molecule has 2 aromatic rings. The molecule has 0 spiro atoms. The number of nitrogens with zero attached hydrogens (tertiary/aromatic N) is 2. The highest BCUT2D eigenvalue weighted by Crippen LogP contribution is 2.28. The van der Waals surface area contributed by atoms with Crippen LogP contribution in [0.25, 0.3) is 0 Å². The summed E-state index contributed by atoms with van der Waals surface area (Å²) in [7, 11) is -3.77. The van der Waals surface area contributed by atoms with Crippen molar-refractivity contribution in [1.29, 1.82) is 0 Å². The molecule has 1 aliphatic heterocycles. The topological polar surface area (TPSA) is 79.0 Å². The summed E-state index contributed by atoms with van der Waals surface area (Å²) >= 11 is 0. The SMILES string of the molecule is CCOc1ccccc1N1CCN(C(=O)CCNS(=O)(=O)c2ccc(F)cc2)CC1. The minimum absolute atomic E-state index is 0.00801. The Morgan fingerprint density at radius 3 is 2.40 bits per heavy atom. The largest absolute Gasteiger partial charge is 0.492 e. The Kier molecular flexibility index (Phi) is 7.28. The molecule has 162 valence electrons. The number of amides is 1. The molecule has 0 bridgehead atoms. The highest BCUT2D eigenvalue weighted by Gasteiger charge is 2.23. The predicted molar refractivity (Wildman–Crippen MR) is 113 cm³/mol. The number of halogens is 1. The van der Waals surface area contributed by atoms with Gasteiger partial charge in [-0.05, 0) is 43.3 Å². The number of carbonyl (C=O) groups excluding carboxylic acids is 1. The van der Waals surface area contributed by atoms with Crippen LogP contribution in [0.3, 0.4) is 0 Å². The van der Waals surface area contributed by atoms with Crippen molar-refractivity contribution in [2.75, 3.05) is 44.2 Å². The Morgan fingerprint density at radius 2 is 1.73 bits per heavy atom. The zero-order chi connectivity index (χ0) is 21.6. The number of carbonyl (C=O) groups is 1. The number of anilines is 1. The quantitative estimate of drug-likeness (QED) is 0.688. The number of piperazine rings is 1. The number of hydrogen-bond donors (Lipinski definition) is 1. The maximum absolute atomic E-state index is 13.0. The van der Waals surface area contributed by atoms with Gasteiger partial charge in [0.25, 0.3) is 0 Å². The lowest BCUT2D eigenvalue weighted by atomic mass is 10.2. The summed E-state index contributed by atoms with van der Waals surface area (Å²) in [5.74, 6) is 0.219. The molecular formula is C21H26FN3O4S. The molecule has 0 aromatic heterocycles. The van der Waals surface area contributed by atoms with Crippen LogP contribution in [-0.4, -0.2) is 58.6 Å². The second-order valence-corrected chi connectivity index (χ2v) is 8.64. The van der Waals surface area contributed by atoms with Crippen LogP contribution in [0.15, 0.2) is 53.4 Å².